The van der Waals surface area contributed by atoms with E-state index in [9.17, 15) is 9.65 Å². The minimum absolute atomic E-state index is 0.122. The van der Waals surface area contributed by atoms with E-state index in [2.05, 4.69) is 26.9 Å². The Labute approximate surface area is 143 Å². The number of nitrogens with zero attached hydrogens (tertiary/aromatic N) is 6. The average molecular weight is 332 g/mol. The molecule has 3 atom stereocenters. The van der Waals surface area contributed by atoms with E-state index in [4.69, 9.17) is 5.26 Å². The zero-order valence-electron chi connectivity index (χ0n) is 14.4. The van der Waals surface area contributed by atoms with Gasteiger partial charge in [-0.25, -0.2) is 9.37 Å². The fraction of sp³-hybridized carbons (Fsp3) is 0.706. The van der Waals surface area contributed by atoms with Gasteiger partial charge in [-0.15, -0.1) is 0 Å². The first-order valence-corrected chi connectivity index (χ1v) is 8.33. The largest absolute Gasteiger partial charge is 0.337 e. The van der Waals surface area contributed by atoms with Crippen LogP contribution in [0, 0.1) is 28.6 Å². The SMILES string of the molecule is CN(C[C@H](C#N)CCC#N)C[C@@H]1C[C@H](F)CN1Cc1nccn1C. The number of alkyl halides is 1. The van der Waals surface area contributed by atoms with E-state index >= 15 is 0 Å². The van der Waals surface area contributed by atoms with Gasteiger partial charge < -0.3 is 9.47 Å². The summed E-state index contributed by atoms with van der Waals surface area (Å²) in [5.41, 5.74) is 0. The third-order valence-corrected chi connectivity index (χ3v) is 4.58. The van der Waals surface area contributed by atoms with Crippen LogP contribution in [0.1, 0.15) is 25.1 Å². The van der Waals surface area contributed by atoms with Gasteiger partial charge in [0.25, 0.3) is 0 Å². The molecule has 0 spiro atoms. The van der Waals surface area contributed by atoms with Crippen molar-refractivity contribution in [2.24, 2.45) is 13.0 Å². The highest BCUT2D eigenvalue weighted by Crippen LogP contribution is 2.23. The fourth-order valence-corrected chi connectivity index (χ4v) is 3.28. The van der Waals surface area contributed by atoms with Gasteiger partial charge in [0.1, 0.15) is 12.0 Å². The molecule has 2 heterocycles. The van der Waals surface area contributed by atoms with Gasteiger partial charge in [0, 0.05) is 51.5 Å². The zero-order chi connectivity index (χ0) is 17.5. The second-order valence-electron chi connectivity index (χ2n) is 6.61. The van der Waals surface area contributed by atoms with Crippen molar-refractivity contribution in [1.29, 1.82) is 10.5 Å². The number of nitriles is 2. The Bertz CT molecular complexity index is 601. The topological polar surface area (TPSA) is 71.9 Å². The van der Waals surface area contributed by atoms with E-state index in [0.717, 1.165) is 12.4 Å². The van der Waals surface area contributed by atoms with Crippen molar-refractivity contribution in [2.75, 3.05) is 26.7 Å². The number of imidazole rings is 1. The van der Waals surface area contributed by atoms with Crippen molar-refractivity contribution in [3.05, 3.63) is 18.2 Å². The molecule has 1 aromatic heterocycles. The summed E-state index contributed by atoms with van der Waals surface area (Å²) in [6.07, 6.45) is 4.34. The third-order valence-electron chi connectivity index (χ3n) is 4.58. The maximum absolute atomic E-state index is 13.9. The molecule has 0 aliphatic carbocycles. The Hall–Kier alpha value is -1.96. The second kappa shape index (κ2) is 8.77. The van der Waals surface area contributed by atoms with Gasteiger partial charge in [-0.3, -0.25) is 4.90 Å². The fourth-order valence-electron chi connectivity index (χ4n) is 3.28. The molecule has 0 unspecified atom stereocenters. The van der Waals surface area contributed by atoms with Crippen molar-refractivity contribution < 1.29 is 4.39 Å². The third kappa shape index (κ3) is 5.02. The van der Waals surface area contributed by atoms with Crippen LogP contribution in [0.3, 0.4) is 0 Å². The predicted molar refractivity (Wildman–Crippen MR) is 88.4 cm³/mol. The number of aromatic nitrogens is 2. The lowest BCUT2D eigenvalue weighted by Gasteiger charge is -2.29. The molecule has 1 aromatic rings. The molecule has 24 heavy (non-hydrogen) atoms. The van der Waals surface area contributed by atoms with Crippen molar-refractivity contribution in [3.8, 4) is 12.1 Å². The van der Waals surface area contributed by atoms with Gasteiger partial charge in [0.2, 0.25) is 0 Å². The number of halogens is 1. The van der Waals surface area contributed by atoms with Gasteiger partial charge in [-0.1, -0.05) is 0 Å². The predicted octanol–water partition coefficient (Wildman–Crippen LogP) is 1.71. The Kier molecular flexibility index (Phi) is 6.72. The smallest absolute Gasteiger partial charge is 0.122 e. The molecule has 1 saturated heterocycles. The van der Waals surface area contributed by atoms with Crippen LogP contribution in [0.4, 0.5) is 4.39 Å². The summed E-state index contributed by atoms with van der Waals surface area (Å²) >= 11 is 0. The first-order chi connectivity index (χ1) is 11.5. The maximum Gasteiger partial charge on any atom is 0.122 e. The Morgan fingerprint density at radius 3 is 2.92 bits per heavy atom. The summed E-state index contributed by atoms with van der Waals surface area (Å²) in [4.78, 5) is 8.55. The molecule has 1 aliphatic rings. The highest BCUT2D eigenvalue weighted by atomic mass is 19.1. The van der Waals surface area contributed by atoms with Crippen molar-refractivity contribution >= 4 is 0 Å². The van der Waals surface area contributed by atoms with Crippen molar-refractivity contribution in [1.82, 2.24) is 19.4 Å². The second-order valence-corrected chi connectivity index (χ2v) is 6.61. The van der Waals surface area contributed by atoms with Gasteiger partial charge in [-0.05, 0) is 19.9 Å². The minimum atomic E-state index is -0.811. The van der Waals surface area contributed by atoms with Crippen LogP contribution < -0.4 is 0 Å². The lowest BCUT2D eigenvalue weighted by atomic mass is 10.0. The van der Waals surface area contributed by atoms with Gasteiger partial charge in [-0.2, -0.15) is 10.5 Å². The molecule has 6 nitrogen and oxygen atoms in total. The van der Waals surface area contributed by atoms with Crippen LogP contribution in [0.5, 0.6) is 0 Å². The number of likely N-dealkylation sites (N-methyl/N-ethyl adjacent to an activating group) is 1. The summed E-state index contributed by atoms with van der Waals surface area (Å²) in [6.45, 7) is 2.40. The van der Waals surface area contributed by atoms with Crippen molar-refractivity contribution in [2.45, 2.75) is 38.0 Å². The van der Waals surface area contributed by atoms with Crippen LogP contribution in [-0.2, 0) is 13.6 Å². The summed E-state index contributed by atoms with van der Waals surface area (Å²) in [5, 5.41) is 17.8. The van der Waals surface area contributed by atoms with E-state index in [1.165, 1.54) is 0 Å². The number of rotatable bonds is 8. The summed E-state index contributed by atoms with van der Waals surface area (Å²) in [6, 6.07) is 4.47. The molecule has 0 amide bonds. The van der Waals surface area contributed by atoms with Crippen LogP contribution in [0.15, 0.2) is 12.4 Å². The summed E-state index contributed by atoms with van der Waals surface area (Å²) < 4.78 is 15.9. The maximum atomic E-state index is 13.9. The molecular formula is C17H25FN6. The van der Waals surface area contributed by atoms with E-state index < -0.39 is 6.17 Å². The van der Waals surface area contributed by atoms with E-state index in [1.807, 2.05) is 24.9 Å². The molecule has 0 saturated carbocycles. The first kappa shape index (κ1) is 18.4. The zero-order valence-corrected chi connectivity index (χ0v) is 14.4. The molecule has 7 heteroatoms. The van der Waals surface area contributed by atoms with E-state index in [-0.39, 0.29) is 12.0 Å². The Balaban J connectivity index is 1.90. The standard InChI is InChI=1S/C17H25FN6/c1-22(10-14(9-20)4-3-5-19)12-16-8-15(18)11-24(16)13-17-21-6-7-23(17)2/h6-7,14-16H,3-4,8,10-13H2,1-2H3/t14-,15-,16-/m0/s1. The van der Waals surface area contributed by atoms with E-state index in [1.54, 1.807) is 6.20 Å². The molecule has 0 radical (unpaired) electrons. The van der Waals surface area contributed by atoms with Crippen LogP contribution in [0.25, 0.3) is 0 Å². The highest BCUT2D eigenvalue weighted by Gasteiger charge is 2.33. The molecule has 0 aromatic carbocycles. The van der Waals surface area contributed by atoms with Crippen molar-refractivity contribution in [3.63, 3.8) is 0 Å². The van der Waals surface area contributed by atoms with Gasteiger partial charge in [0.15, 0.2) is 0 Å². The Morgan fingerprint density at radius 1 is 1.50 bits per heavy atom. The number of hydrogen-bond donors (Lipinski definition) is 0. The molecule has 1 fully saturated rings. The molecule has 0 bridgehead atoms. The van der Waals surface area contributed by atoms with Gasteiger partial charge in [0.05, 0.1) is 24.6 Å². The Morgan fingerprint density at radius 2 is 2.29 bits per heavy atom. The number of hydrogen-bond acceptors (Lipinski definition) is 5. The van der Waals surface area contributed by atoms with Crippen LogP contribution >= 0.6 is 0 Å². The quantitative estimate of drug-likeness (QED) is 0.725. The molecule has 2 rings (SSSR count). The highest BCUT2D eigenvalue weighted by molar-refractivity contribution is 4.96. The van der Waals surface area contributed by atoms with Crippen LogP contribution in [0.2, 0.25) is 0 Å². The lowest BCUT2D eigenvalue weighted by molar-refractivity contribution is 0.172. The number of likely N-dealkylation sites (tertiary alicyclic amines) is 1. The molecule has 0 N–H and O–H groups in total. The monoisotopic (exact) mass is 332 g/mol. The first-order valence-electron chi connectivity index (χ1n) is 8.33. The summed E-state index contributed by atoms with van der Waals surface area (Å²) in [7, 11) is 3.90. The normalized spacial score (nSPS) is 22.4. The summed E-state index contributed by atoms with van der Waals surface area (Å²) in [5.74, 6) is 0.779. The minimum Gasteiger partial charge on any atom is -0.337 e. The lowest BCUT2D eigenvalue weighted by Crippen LogP contribution is -2.40. The van der Waals surface area contributed by atoms with Gasteiger partial charge >= 0.3 is 0 Å². The van der Waals surface area contributed by atoms with E-state index in [0.29, 0.717) is 38.9 Å². The molecule has 130 valence electrons. The van der Waals surface area contributed by atoms with Crippen LogP contribution in [-0.4, -0.2) is 58.2 Å². The molecular weight excluding hydrogens is 307 g/mol. The average Bonchev–Trinajstić information content (AvgIpc) is 3.10. The molecule has 1 aliphatic heterocycles. The number of aryl methyl sites for hydroxylation is 1.